The van der Waals surface area contributed by atoms with Crippen molar-refractivity contribution in [2.75, 3.05) is 6.54 Å². The Labute approximate surface area is 118 Å². The second kappa shape index (κ2) is 6.70. The molecule has 4 nitrogen and oxygen atoms in total. The molecule has 0 fully saturated rings. The molecule has 2 rings (SSSR count). The van der Waals surface area contributed by atoms with Gasteiger partial charge >= 0.3 is 0 Å². The van der Waals surface area contributed by atoms with Crippen LogP contribution < -0.4 is 5.32 Å². The number of benzene rings is 1. The van der Waals surface area contributed by atoms with E-state index in [2.05, 4.69) is 10.5 Å². The molecule has 1 amide bonds. The molecule has 0 unspecified atom stereocenters. The van der Waals surface area contributed by atoms with Gasteiger partial charge in [-0.1, -0.05) is 35.5 Å². The van der Waals surface area contributed by atoms with Gasteiger partial charge in [0, 0.05) is 18.2 Å². The van der Waals surface area contributed by atoms with Gasteiger partial charge in [0.05, 0.1) is 5.69 Å². The highest BCUT2D eigenvalue weighted by molar-refractivity contribution is 5.91. The maximum atomic E-state index is 11.7. The minimum absolute atomic E-state index is 0.110. The first kappa shape index (κ1) is 14.1. The number of rotatable bonds is 5. The van der Waals surface area contributed by atoms with E-state index in [0.29, 0.717) is 6.54 Å². The van der Waals surface area contributed by atoms with Crippen LogP contribution in [0.5, 0.6) is 0 Å². The van der Waals surface area contributed by atoms with Crippen molar-refractivity contribution in [2.24, 2.45) is 0 Å². The smallest absolute Gasteiger partial charge is 0.244 e. The minimum atomic E-state index is -0.110. The predicted octanol–water partition coefficient (Wildman–Crippen LogP) is 2.66. The summed E-state index contributed by atoms with van der Waals surface area (Å²) in [5.41, 5.74) is 2.86. The highest BCUT2D eigenvalue weighted by atomic mass is 16.5. The number of amides is 1. The van der Waals surface area contributed by atoms with Crippen LogP contribution in [-0.4, -0.2) is 17.6 Å². The van der Waals surface area contributed by atoms with Crippen molar-refractivity contribution >= 4 is 12.0 Å². The molecule has 1 N–H and O–H groups in total. The molecule has 0 atom stereocenters. The van der Waals surface area contributed by atoms with Crippen molar-refractivity contribution in [1.82, 2.24) is 10.5 Å². The molecule has 1 heterocycles. The van der Waals surface area contributed by atoms with Crippen LogP contribution in [0, 0.1) is 13.8 Å². The highest BCUT2D eigenvalue weighted by Crippen LogP contribution is 2.13. The number of nitrogens with zero attached hydrogens (tertiary/aromatic N) is 1. The fourth-order valence-corrected chi connectivity index (χ4v) is 1.92. The van der Waals surface area contributed by atoms with Crippen LogP contribution in [0.3, 0.4) is 0 Å². The molecule has 104 valence electrons. The maximum absolute atomic E-state index is 11.7. The quantitative estimate of drug-likeness (QED) is 0.850. The third kappa shape index (κ3) is 3.82. The third-order valence-electron chi connectivity index (χ3n) is 3.05. The Morgan fingerprint density at radius 1 is 1.30 bits per heavy atom. The molecule has 0 saturated heterocycles. The monoisotopic (exact) mass is 270 g/mol. The minimum Gasteiger partial charge on any atom is -0.361 e. The van der Waals surface area contributed by atoms with E-state index in [9.17, 15) is 4.79 Å². The Morgan fingerprint density at radius 3 is 2.70 bits per heavy atom. The summed E-state index contributed by atoms with van der Waals surface area (Å²) in [5.74, 6) is 0.608. The lowest BCUT2D eigenvalue weighted by Gasteiger charge is -2.02. The average molecular weight is 270 g/mol. The summed E-state index contributed by atoms with van der Waals surface area (Å²) in [5, 5.41) is 6.69. The highest BCUT2D eigenvalue weighted by Gasteiger charge is 2.05. The van der Waals surface area contributed by atoms with Crippen LogP contribution in [0.2, 0.25) is 0 Å². The van der Waals surface area contributed by atoms with Crippen LogP contribution in [0.15, 0.2) is 40.9 Å². The van der Waals surface area contributed by atoms with Gasteiger partial charge < -0.3 is 9.84 Å². The summed E-state index contributed by atoms with van der Waals surface area (Å²) < 4.78 is 5.03. The van der Waals surface area contributed by atoms with E-state index in [1.807, 2.05) is 44.2 Å². The molecule has 0 aliphatic rings. The zero-order chi connectivity index (χ0) is 14.4. The molecule has 4 heteroatoms. The van der Waals surface area contributed by atoms with Gasteiger partial charge in [0.2, 0.25) is 5.91 Å². The summed E-state index contributed by atoms with van der Waals surface area (Å²) in [7, 11) is 0. The Balaban J connectivity index is 1.81. The molecule has 0 radical (unpaired) electrons. The zero-order valence-electron chi connectivity index (χ0n) is 11.7. The first-order valence-electron chi connectivity index (χ1n) is 6.59. The number of aromatic nitrogens is 1. The molecule has 0 bridgehead atoms. The van der Waals surface area contributed by atoms with E-state index in [-0.39, 0.29) is 5.91 Å². The Morgan fingerprint density at radius 2 is 2.05 bits per heavy atom. The fourth-order valence-electron chi connectivity index (χ4n) is 1.92. The van der Waals surface area contributed by atoms with Crippen molar-refractivity contribution in [3.05, 3.63) is 59.0 Å². The van der Waals surface area contributed by atoms with Crippen LogP contribution >= 0.6 is 0 Å². The first-order valence-corrected chi connectivity index (χ1v) is 6.59. The second-order valence-electron chi connectivity index (χ2n) is 4.60. The van der Waals surface area contributed by atoms with Crippen LogP contribution in [0.4, 0.5) is 0 Å². The number of aryl methyl sites for hydroxylation is 2. The van der Waals surface area contributed by atoms with Gasteiger partial charge in [-0.3, -0.25) is 4.79 Å². The van der Waals surface area contributed by atoms with Crippen molar-refractivity contribution < 1.29 is 9.32 Å². The Hall–Kier alpha value is -2.36. The topological polar surface area (TPSA) is 55.1 Å². The van der Waals surface area contributed by atoms with E-state index >= 15 is 0 Å². The molecule has 2 aromatic rings. The van der Waals surface area contributed by atoms with E-state index in [4.69, 9.17) is 4.52 Å². The van der Waals surface area contributed by atoms with Crippen molar-refractivity contribution in [1.29, 1.82) is 0 Å². The Bertz CT molecular complexity index is 581. The van der Waals surface area contributed by atoms with Crippen molar-refractivity contribution in [3.63, 3.8) is 0 Å². The summed E-state index contributed by atoms with van der Waals surface area (Å²) in [6, 6.07) is 10.1. The molecule has 1 aromatic carbocycles. The molecular weight excluding hydrogens is 252 g/mol. The molecule has 0 saturated carbocycles. The average Bonchev–Trinajstić information content (AvgIpc) is 2.77. The maximum Gasteiger partial charge on any atom is 0.244 e. The standard InChI is InChI=1S/C16H18N2O2/c1-12-15(13(2)20-18-12)8-9-16(19)17-11-10-14-6-4-3-5-7-14/h3-9H,10-11H2,1-2H3,(H,17,19). The first-order chi connectivity index (χ1) is 9.66. The third-order valence-corrected chi connectivity index (χ3v) is 3.05. The lowest BCUT2D eigenvalue weighted by molar-refractivity contribution is -0.116. The molecular formula is C16H18N2O2. The summed E-state index contributed by atoms with van der Waals surface area (Å²) in [4.78, 5) is 11.7. The van der Waals surface area contributed by atoms with Gasteiger partial charge in [-0.25, -0.2) is 0 Å². The van der Waals surface area contributed by atoms with Gasteiger partial charge in [0.25, 0.3) is 0 Å². The largest absolute Gasteiger partial charge is 0.361 e. The fraction of sp³-hybridized carbons (Fsp3) is 0.250. The second-order valence-corrected chi connectivity index (χ2v) is 4.60. The van der Waals surface area contributed by atoms with Gasteiger partial charge in [-0.05, 0) is 31.9 Å². The summed E-state index contributed by atoms with van der Waals surface area (Å²) >= 11 is 0. The van der Waals surface area contributed by atoms with E-state index in [1.54, 1.807) is 6.08 Å². The number of carbonyl (C=O) groups is 1. The van der Waals surface area contributed by atoms with Crippen molar-refractivity contribution in [3.8, 4) is 0 Å². The van der Waals surface area contributed by atoms with Gasteiger partial charge in [0.1, 0.15) is 5.76 Å². The molecule has 1 aromatic heterocycles. The van der Waals surface area contributed by atoms with Crippen LogP contribution in [-0.2, 0) is 11.2 Å². The molecule has 0 aliphatic carbocycles. The predicted molar refractivity (Wildman–Crippen MR) is 78.2 cm³/mol. The van der Waals surface area contributed by atoms with E-state index in [1.165, 1.54) is 11.6 Å². The van der Waals surface area contributed by atoms with E-state index < -0.39 is 0 Å². The lowest BCUT2D eigenvalue weighted by Crippen LogP contribution is -2.23. The normalized spacial score (nSPS) is 10.9. The summed E-state index contributed by atoms with van der Waals surface area (Å²) in [6.07, 6.45) is 4.07. The number of hydrogen-bond donors (Lipinski definition) is 1. The number of hydrogen-bond acceptors (Lipinski definition) is 3. The number of carbonyl (C=O) groups excluding carboxylic acids is 1. The molecule has 0 aliphatic heterocycles. The number of nitrogens with one attached hydrogen (secondary N) is 1. The molecule has 0 spiro atoms. The SMILES string of the molecule is Cc1noc(C)c1C=CC(=O)NCCc1ccccc1. The lowest BCUT2D eigenvalue weighted by atomic mass is 10.1. The van der Waals surface area contributed by atoms with Gasteiger partial charge in [-0.2, -0.15) is 0 Å². The molecule has 20 heavy (non-hydrogen) atoms. The van der Waals surface area contributed by atoms with Crippen molar-refractivity contribution in [2.45, 2.75) is 20.3 Å². The van der Waals surface area contributed by atoms with Gasteiger partial charge in [0.15, 0.2) is 0 Å². The van der Waals surface area contributed by atoms with Crippen LogP contribution in [0.25, 0.3) is 6.08 Å². The Kier molecular flexibility index (Phi) is 4.71. The van der Waals surface area contributed by atoms with E-state index in [0.717, 1.165) is 23.4 Å². The zero-order valence-corrected chi connectivity index (χ0v) is 11.7. The summed E-state index contributed by atoms with van der Waals surface area (Å²) in [6.45, 7) is 4.30. The van der Waals surface area contributed by atoms with Gasteiger partial charge in [-0.15, -0.1) is 0 Å². The van der Waals surface area contributed by atoms with Crippen LogP contribution in [0.1, 0.15) is 22.6 Å².